The van der Waals surface area contributed by atoms with Crippen molar-refractivity contribution in [2.45, 2.75) is 97.4 Å². The number of halogens is 1. The molecule has 12 nitrogen and oxygen atoms in total. The number of nitrogens with zero attached hydrogens (tertiary/aromatic N) is 4. The number of carbonyl (C=O) groups is 3. The molecule has 14 heteroatoms. The number of phenolic OH excluding ortho intramolecular Hbond substituents is 1. The number of piperazine rings is 1. The lowest BCUT2D eigenvalue weighted by Crippen LogP contribution is -2.56. The van der Waals surface area contributed by atoms with Crippen LogP contribution in [-0.2, 0) is 20.9 Å². The first kappa shape index (κ1) is 53.2. The van der Waals surface area contributed by atoms with Gasteiger partial charge >= 0.3 is 0 Å². The van der Waals surface area contributed by atoms with Gasteiger partial charge in [-0.1, -0.05) is 112 Å². The van der Waals surface area contributed by atoms with Crippen molar-refractivity contribution in [3.05, 3.63) is 137 Å². The van der Waals surface area contributed by atoms with Crippen LogP contribution in [-0.4, -0.2) is 124 Å². The number of alkyl halides is 1. The van der Waals surface area contributed by atoms with Crippen LogP contribution < -0.4 is 15.4 Å². The molecule has 0 aliphatic carbocycles. The number of aromatic hydroxyl groups is 1. The van der Waals surface area contributed by atoms with Gasteiger partial charge in [0.25, 0.3) is 0 Å². The first-order chi connectivity index (χ1) is 34.3. The predicted octanol–water partition coefficient (Wildman–Crippen LogP) is 9.17. The van der Waals surface area contributed by atoms with Gasteiger partial charge in [-0.15, -0.1) is 22.9 Å². The summed E-state index contributed by atoms with van der Waals surface area (Å²) in [4.78, 5) is 52.1. The van der Waals surface area contributed by atoms with Crippen LogP contribution in [0.5, 0.6) is 11.5 Å². The van der Waals surface area contributed by atoms with E-state index in [0.29, 0.717) is 51.5 Å². The highest BCUT2D eigenvalue weighted by Gasteiger charge is 2.43. The van der Waals surface area contributed by atoms with E-state index in [1.54, 1.807) is 28.4 Å². The highest BCUT2D eigenvalue weighted by atomic mass is 35.5. The molecule has 0 bridgehead atoms. The van der Waals surface area contributed by atoms with E-state index < -0.39 is 23.6 Å². The Kier molecular flexibility index (Phi) is 19.3. The summed E-state index contributed by atoms with van der Waals surface area (Å²) in [5.74, 6) is 1.25. The van der Waals surface area contributed by atoms with Gasteiger partial charge in [-0.3, -0.25) is 19.3 Å². The first-order valence-corrected chi connectivity index (χ1v) is 26.6. The molecule has 2 aliphatic heterocycles. The lowest BCUT2D eigenvalue weighted by Gasteiger charge is -2.35. The molecular weight excluding hydrogens is 932 g/mol. The van der Waals surface area contributed by atoms with Crippen molar-refractivity contribution in [1.29, 1.82) is 0 Å². The van der Waals surface area contributed by atoms with Gasteiger partial charge in [0.2, 0.25) is 17.7 Å². The molecule has 5 aromatic rings. The number of aliphatic hydroxyl groups excluding tert-OH is 1. The van der Waals surface area contributed by atoms with E-state index in [0.717, 1.165) is 101 Å². The number of rotatable bonds is 22. The van der Waals surface area contributed by atoms with E-state index in [1.165, 1.54) is 0 Å². The number of hydrogen-bond donors (Lipinski definition) is 4. The van der Waals surface area contributed by atoms with Gasteiger partial charge in [-0.25, -0.2) is 4.98 Å². The van der Waals surface area contributed by atoms with Crippen LogP contribution in [0.3, 0.4) is 0 Å². The highest BCUT2D eigenvalue weighted by molar-refractivity contribution is 7.13. The Morgan fingerprint density at radius 3 is 2.17 bits per heavy atom. The summed E-state index contributed by atoms with van der Waals surface area (Å²) in [5.41, 5.74) is 9.80. The minimum absolute atomic E-state index is 0.123. The molecule has 0 radical (unpaired) electrons. The number of aliphatic hydroxyl groups is 1. The second-order valence-electron chi connectivity index (χ2n) is 19.8. The van der Waals surface area contributed by atoms with Crippen LogP contribution in [0.4, 0.5) is 0 Å². The van der Waals surface area contributed by atoms with E-state index in [-0.39, 0.29) is 36.4 Å². The lowest BCUT2D eigenvalue weighted by atomic mass is 9.85. The number of carbonyl (C=O) groups excluding carboxylic acids is 3. The highest BCUT2D eigenvalue weighted by Crippen LogP contribution is 2.36. The van der Waals surface area contributed by atoms with Gasteiger partial charge in [-0.05, 0) is 101 Å². The Hall–Kier alpha value is -5.57. The minimum atomic E-state index is -0.765. The van der Waals surface area contributed by atoms with E-state index in [2.05, 4.69) is 44.8 Å². The number of amides is 3. The number of likely N-dealkylation sites (tertiary alicyclic amines) is 1. The molecule has 3 atom stereocenters. The van der Waals surface area contributed by atoms with Gasteiger partial charge in [-0.2, -0.15) is 0 Å². The summed E-state index contributed by atoms with van der Waals surface area (Å²) in [6.07, 6.45) is 4.18. The SMILES string of the molecule is Cc1ncsc1-c1ccc(CNC(=O)[C@@H]2C[C@@H](O)CN2C(=O)C(NCCCCCCC(=O)N2CCN(CCOc3ccc(C(=C(CCCl)c4ccccc4)c4ccc(O)cc4)cc3)CC2)C(C)(C)C)cc1. The van der Waals surface area contributed by atoms with Crippen molar-refractivity contribution in [1.82, 2.24) is 30.3 Å². The Morgan fingerprint density at radius 1 is 0.845 bits per heavy atom. The Bertz CT molecular complexity index is 2520. The number of aryl methyl sites for hydroxylation is 1. The molecule has 0 saturated carbocycles. The number of thiazole rings is 1. The summed E-state index contributed by atoms with van der Waals surface area (Å²) in [6.45, 7) is 13.5. The molecule has 71 heavy (non-hydrogen) atoms. The van der Waals surface area contributed by atoms with E-state index in [1.807, 2.05) is 105 Å². The molecule has 1 unspecified atom stereocenters. The Balaban J connectivity index is 0.791. The molecule has 2 fully saturated rings. The maximum absolute atomic E-state index is 14.1. The molecule has 2 saturated heterocycles. The normalized spacial score (nSPS) is 17.2. The van der Waals surface area contributed by atoms with Crippen LogP contribution in [0.2, 0.25) is 0 Å². The topological polar surface area (TPSA) is 148 Å². The fourth-order valence-electron chi connectivity index (χ4n) is 9.58. The number of ether oxygens (including phenoxy) is 1. The van der Waals surface area contributed by atoms with E-state index >= 15 is 0 Å². The van der Waals surface area contributed by atoms with Crippen molar-refractivity contribution in [3.63, 3.8) is 0 Å². The smallest absolute Gasteiger partial charge is 0.243 e. The average Bonchev–Trinajstić information content (AvgIpc) is 3.99. The third-order valence-corrected chi connectivity index (χ3v) is 14.7. The van der Waals surface area contributed by atoms with Crippen molar-refractivity contribution in [2.75, 3.05) is 58.3 Å². The third-order valence-electron chi connectivity index (χ3n) is 13.5. The molecule has 3 amide bonds. The quantitative estimate of drug-likeness (QED) is 0.0303. The summed E-state index contributed by atoms with van der Waals surface area (Å²) < 4.78 is 6.20. The molecule has 7 rings (SSSR count). The van der Waals surface area contributed by atoms with Gasteiger partial charge in [0.15, 0.2) is 0 Å². The maximum atomic E-state index is 14.1. The minimum Gasteiger partial charge on any atom is -0.508 e. The van der Waals surface area contributed by atoms with E-state index in [9.17, 15) is 24.6 Å². The zero-order valence-electron chi connectivity index (χ0n) is 41.7. The van der Waals surface area contributed by atoms with E-state index in [4.69, 9.17) is 16.3 Å². The number of β-amino-alcohol motifs (C(OH)–C–C–N with tert-alkyl or cyclic N) is 1. The standard InChI is InChI=1S/C57H71ClN6O6S/c1-40-53(71-39-61-40)45-17-15-41(16-18-45)37-60-55(68)50-36-47(66)38-64(50)56(69)54(57(2,3)4)59-29-11-6-5-10-14-51(67)63-32-30-62(31-33-63)34-35-70-48-25-21-44(22-26-48)52(43-19-23-46(65)24-20-43)49(27-28-58)42-12-8-7-9-13-42/h7-9,12-13,15-26,39,47,50,54,59,65-66H,5-6,10-11,14,27-38H2,1-4H3,(H,60,68)/t47-,50+,54?/m1/s1. The number of benzene rings is 4. The second-order valence-corrected chi connectivity index (χ2v) is 21.0. The van der Waals surface area contributed by atoms with Crippen LogP contribution >= 0.6 is 22.9 Å². The van der Waals surface area contributed by atoms with Gasteiger partial charge in [0.05, 0.1) is 28.2 Å². The second kappa shape index (κ2) is 25.7. The maximum Gasteiger partial charge on any atom is 0.243 e. The number of phenols is 1. The molecule has 378 valence electrons. The number of aromatic nitrogens is 1. The fourth-order valence-corrected chi connectivity index (χ4v) is 10.6. The van der Waals surface area contributed by atoms with Crippen LogP contribution in [0.15, 0.2) is 109 Å². The van der Waals surface area contributed by atoms with Gasteiger partial charge < -0.3 is 35.4 Å². The summed E-state index contributed by atoms with van der Waals surface area (Å²) in [7, 11) is 0. The first-order valence-electron chi connectivity index (χ1n) is 25.2. The molecular formula is C57H71ClN6O6S. The molecule has 4 aromatic carbocycles. The lowest BCUT2D eigenvalue weighted by molar-refractivity contribution is -0.142. The van der Waals surface area contributed by atoms with Crippen LogP contribution in [0.25, 0.3) is 21.6 Å². The number of nitrogens with one attached hydrogen (secondary N) is 2. The van der Waals surface area contributed by atoms with Crippen LogP contribution in [0.1, 0.15) is 93.7 Å². The fraction of sp³-hybridized carbons (Fsp3) is 0.439. The number of allylic oxidation sites excluding steroid dienone is 1. The molecule has 2 aliphatic rings. The van der Waals surface area contributed by atoms with Crippen molar-refractivity contribution in [3.8, 4) is 21.9 Å². The van der Waals surface area contributed by atoms with Gasteiger partial charge in [0.1, 0.15) is 24.1 Å². The average molecular weight is 1000 g/mol. The largest absolute Gasteiger partial charge is 0.508 e. The summed E-state index contributed by atoms with van der Waals surface area (Å²) in [6, 6.07) is 32.5. The molecule has 0 spiro atoms. The monoisotopic (exact) mass is 1000 g/mol. The molecule has 3 heterocycles. The van der Waals surface area contributed by atoms with Crippen LogP contribution in [0, 0.1) is 12.3 Å². The Labute approximate surface area is 429 Å². The van der Waals surface area contributed by atoms with Crippen molar-refractivity contribution in [2.24, 2.45) is 5.41 Å². The van der Waals surface area contributed by atoms with Crippen molar-refractivity contribution < 1.29 is 29.3 Å². The zero-order chi connectivity index (χ0) is 50.3. The summed E-state index contributed by atoms with van der Waals surface area (Å²) >= 11 is 7.93. The molecule has 1 aromatic heterocycles. The Morgan fingerprint density at radius 2 is 1.52 bits per heavy atom. The number of hydrogen-bond acceptors (Lipinski definition) is 10. The third kappa shape index (κ3) is 14.8. The number of unbranched alkanes of at least 4 members (excludes halogenated alkanes) is 3. The van der Waals surface area contributed by atoms with Crippen molar-refractivity contribution >= 4 is 51.8 Å². The predicted molar refractivity (Wildman–Crippen MR) is 285 cm³/mol. The summed E-state index contributed by atoms with van der Waals surface area (Å²) in [5, 5.41) is 27.1. The zero-order valence-corrected chi connectivity index (χ0v) is 43.3. The van der Waals surface area contributed by atoms with Gasteiger partial charge in [0, 0.05) is 64.5 Å². The molecule has 4 N–H and O–H groups in total.